The van der Waals surface area contributed by atoms with Gasteiger partial charge in [0.15, 0.2) is 0 Å². The molecule has 0 N–H and O–H groups in total. The highest BCUT2D eigenvalue weighted by atomic mass is 35.5. The minimum absolute atomic E-state index is 0.326. The Morgan fingerprint density at radius 2 is 1.39 bits per heavy atom. The standard InChI is InChI=1S/C18H14ClNO3/c1-11-9-15(23-14-5-3-13(19)4-6-14)10-12(2)18(11)20-16(21)7-8-17(20)22/h3-10H,1-2H3. The number of carbonyl (C=O) groups is 2. The van der Waals surface area contributed by atoms with Gasteiger partial charge in [0.05, 0.1) is 5.69 Å². The number of imide groups is 1. The van der Waals surface area contributed by atoms with E-state index < -0.39 is 0 Å². The molecule has 0 fully saturated rings. The van der Waals surface area contributed by atoms with Gasteiger partial charge < -0.3 is 4.74 Å². The van der Waals surface area contributed by atoms with E-state index in [2.05, 4.69) is 0 Å². The predicted octanol–water partition coefficient (Wildman–Crippen LogP) is 4.18. The Morgan fingerprint density at radius 1 is 0.870 bits per heavy atom. The average molecular weight is 328 g/mol. The number of aryl methyl sites for hydroxylation is 2. The molecule has 2 amide bonds. The molecule has 0 aliphatic carbocycles. The van der Waals surface area contributed by atoms with E-state index in [1.165, 1.54) is 17.1 Å². The van der Waals surface area contributed by atoms with Crippen molar-refractivity contribution in [3.8, 4) is 11.5 Å². The molecule has 5 heteroatoms. The van der Waals surface area contributed by atoms with Crippen LogP contribution in [0.3, 0.4) is 0 Å². The van der Waals surface area contributed by atoms with Gasteiger partial charge in [-0.15, -0.1) is 0 Å². The summed E-state index contributed by atoms with van der Waals surface area (Å²) in [4.78, 5) is 24.9. The number of carbonyl (C=O) groups excluding carboxylic acids is 2. The SMILES string of the molecule is Cc1cc(Oc2ccc(Cl)cc2)cc(C)c1N1C(=O)C=CC1=O. The number of amides is 2. The molecule has 0 saturated carbocycles. The maximum Gasteiger partial charge on any atom is 0.258 e. The lowest BCUT2D eigenvalue weighted by Gasteiger charge is -2.20. The third-order valence-electron chi connectivity index (χ3n) is 3.55. The largest absolute Gasteiger partial charge is 0.457 e. The van der Waals surface area contributed by atoms with E-state index in [9.17, 15) is 9.59 Å². The van der Waals surface area contributed by atoms with Gasteiger partial charge in [-0.25, -0.2) is 4.90 Å². The van der Waals surface area contributed by atoms with Crippen LogP contribution in [-0.2, 0) is 9.59 Å². The van der Waals surface area contributed by atoms with Gasteiger partial charge in [-0.1, -0.05) is 11.6 Å². The number of benzene rings is 2. The molecular weight excluding hydrogens is 314 g/mol. The molecule has 0 unspecified atom stereocenters. The Labute approximate surface area is 138 Å². The molecule has 1 aliphatic heterocycles. The summed E-state index contributed by atoms with van der Waals surface area (Å²) < 4.78 is 5.80. The van der Waals surface area contributed by atoms with Gasteiger partial charge in [0.25, 0.3) is 11.8 Å². The molecule has 0 spiro atoms. The molecule has 4 nitrogen and oxygen atoms in total. The van der Waals surface area contributed by atoms with Crippen LogP contribution in [0.25, 0.3) is 0 Å². The summed E-state index contributed by atoms with van der Waals surface area (Å²) in [5.74, 6) is 0.647. The second kappa shape index (κ2) is 5.89. The van der Waals surface area contributed by atoms with Crippen LogP contribution >= 0.6 is 11.6 Å². The summed E-state index contributed by atoms with van der Waals surface area (Å²) in [6.45, 7) is 3.69. The number of rotatable bonds is 3. The van der Waals surface area contributed by atoms with E-state index in [0.717, 1.165) is 11.1 Å². The predicted molar refractivity (Wildman–Crippen MR) is 89.1 cm³/mol. The van der Waals surface area contributed by atoms with E-state index >= 15 is 0 Å². The summed E-state index contributed by atoms with van der Waals surface area (Å²) >= 11 is 5.86. The third-order valence-corrected chi connectivity index (χ3v) is 3.80. The fraction of sp³-hybridized carbons (Fsp3) is 0.111. The van der Waals surface area contributed by atoms with E-state index in [-0.39, 0.29) is 11.8 Å². The van der Waals surface area contributed by atoms with Crippen molar-refractivity contribution < 1.29 is 14.3 Å². The monoisotopic (exact) mass is 327 g/mol. The van der Waals surface area contributed by atoms with Crippen LogP contribution in [0.4, 0.5) is 5.69 Å². The average Bonchev–Trinajstić information content (AvgIpc) is 2.81. The minimum atomic E-state index is -0.326. The third kappa shape index (κ3) is 2.98. The Morgan fingerprint density at radius 3 is 1.91 bits per heavy atom. The molecule has 0 atom stereocenters. The number of nitrogens with zero attached hydrogens (tertiary/aromatic N) is 1. The number of halogens is 1. The first-order valence-corrected chi connectivity index (χ1v) is 7.44. The highest BCUT2D eigenvalue weighted by Crippen LogP contribution is 2.33. The molecule has 2 aromatic rings. The van der Waals surface area contributed by atoms with E-state index in [1.54, 1.807) is 36.4 Å². The van der Waals surface area contributed by atoms with Crippen molar-refractivity contribution in [1.29, 1.82) is 0 Å². The van der Waals surface area contributed by atoms with Crippen LogP contribution in [0.2, 0.25) is 5.02 Å². The molecule has 23 heavy (non-hydrogen) atoms. The van der Waals surface area contributed by atoms with Crippen molar-refractivity contribution in [2.45, 2.75) is 13.8 Å². The van der Waals surface area contributed by atoms with Gasteiger partial charge in [-0.2, -0.15) is 0 Å². The number of hydrogen-bond donors (Lipinski definition) is 0. The lowest BCUT2D eigenvalue weighted by Crippen LogP contribution is -2.30. The van der Waals surface area contributed by atoms with Crippen LogP contribution in [0.15, 0.2) is 48.6 Å². The molecule has 0 aromatic heterocycles. The molecule has 0 radical (unpaired) electrons. The zero-order chi connectivity index (χ0) is 16.6. The first kappa shape index (κ1) is 15.3. The van der Waals surface area contributed by atoms with Crippen LogP contribution < -0.4 is 9.64 Å². The van der Waals surface area contributed by atoms with Gasteiger partial charge in [0.2, 0.25) is 0 Å². The summed E-state index contributed by atoms with van der Waals surface area (Å²) in [5, 5.41) is 0.638. The van der Waals surface area contributed by atoms with Crippen LogP contribution in [0, 0.1) is 13.8 Å². The van der Waals surface area contributed by atoms with Gasteiger partial charge in [-0.3, -0.25) is 9.59 Å². The summed E-state index contributed by atoms with van der Waals surface area (Å²) in [6, 6.07) is 10.7. The van der Waals surface area contributed by atoms with Crippen molar-refractivity contribution in [3.63, 3.8) is 0 Å². The van der Waals surface area contributed by atoms with Crippen LogP contribution in [0.5, 0.6) is 11.5 Å². The lowest BCUT2D eigenvalue weighted by atomic mass is 10.1. The second-order valence-corrected chi connectivity index (χ2v) is 5.74. The molecule has 0 saturated heterocycles. The molecule has 116 valence electrons. The summed E-state index contributed by atoms with van der Waals surface area (Å²) in [7, 11) is 0. The van der Waals surface area contributed by atoms with Crippen molar-refractivity contribution in [2.75, 3.05) is 4.90 Å². The fourth-order valence-electron chi connectivity index (χ4n) is 2.59. The van der Waals surface area contributed by atoms with Crippen molar-refractivity contribution in [1.82, 2.24) is 0 Å². The summed E-state index contributed by atoms with van der Waals surface area (Å²) in [5.41, 5.74) is 2.19. The van der Waals surface area contributed by atoms with Crippen molar-refractivity contribution >= 4 is 29.1 Å². The molecule has 0 bridgehead atoms. The molecule has 2 aromatic carbocycles. The molecule has 3 rings (SSSR count). The Kier molecular flexibility index (Phi) is 3.92. The topological polar surface area (TPSA) is 46.6 Å². The normalized spacial score (nSPS) is 13.8. The highest BCUT2D eigenvalue weighted by Gasteiger charge is 2.28. The molecule has 1 heterocycles. The zero-order valence-corrected chi connectivity index (χ0v) is 13.4. The first-order valence-electron chi connectivity index (χ1n) is 7.06. The van der Waals surface area contributed by atoms with Crippen LogP contribution in [0.1, 0.15) is 11.1 Å². The molecular formula is C18H14ClNO3. The second-order valence-electron chi connectivity index (χ2n) is 5.31. The van der Waals surface area contributed by atoms with Crippen molar-refractivity contribution in [3.05, 3.63) is 64.7 Å². The number of anilines is 1. The Hall–Kier alpha value is -2.59. The smallest absolute Gasteiger partial charge is 0.258 e. The maximum absolute atomic E-state index is 11.9. The Balaban J connectivity index is 1.93. The Bertz CT molecular complexity index is 784. The quantitative estimate of drug-likeness (QED) is 0.794. The minimum Gasteiger partial charge on any atom is -0.457 e. The van der Waals surface area contributed by atoms with Gasteiger partial charge in [-0.05, 0) is 61.4 Å². The number of hydrogen-bond acceptors (Lipinski definition) is 3. The highest BCUT2D eigenvalue weighted by molar-refractivity contribution is 6.30. The summed E-state index contributed by atoms with van der Waals surface area (Å²) in [6.07, 6.45) is 2.55. The van der Waals surface area contributed by atoms with Crippen molar-refractivity contribution in [2.24, 2.45) is 0 Å². The lowest BCUT2D eigenvalue weighted by molar-refractivity contribution is -0.120. The maximum atomic E-state index is 11.9. The van der Waals surface area contributed by atoms with E-state index in [1.807, 2.05) is 13.8 Å². The first-order chi connectivity index (χ1) is 11.0. The fourth-order valence-corrected chi connectivity index (χ4v) is 2.71. The number of ether oxygens (including phenoxy) is 1. The van der Waals surface area contributed by atoms with E-state index in [4.69, 9.17) is 16.3 Å². The molecule has 1 aliphatic rings. The van der Waals surface area contributed by atoms with Gasteiger partial charge in [0.1, 0.15) is 11.5 Å². The van der Waals surface area contributed by atoms with E-state index in [0.29, 0.717) is 22.2 Å². The van der Waals surface area contributed by atoms with Crippen LogP contribution in [-0.4, -0.2) is 11.8 Å². The van der Waals surface area contributed by atoms with Gasteiger partial charge in [0, 0.05) is 17.2 Å². The van der Waals surface area contributed by atoms with Gasteiger partial charge >= 0.3 is 0 Å². The zero-order valence-electron chi connectivity index (χ0n) is 12.7.